The second kappa shape index (κ2) is 7.77. The molecule has 1 aromatic rings. The Morgan fingerprint density at radius 2 is 1.93 bits per heavy atom. The Kier molecular flexibility index (Phi) is 5.35. The van der Waals surface area contributed by atoms with E-state index in [1.807, 2.05) is 12.1 Å². The standard InChI is InChI=1S/C25H29ClN2/c1-17-5-7-19(3)28(16-18(2)20-8-10-21(26)11-9-20)25-15-22-12-14-24(27(22)4)23(25)13-6-17/h5-11,16,22,24H,3,12-15H2,1-2,4H3/b7-5-,17-6-,18-16+. The zero-order chi connectivity index (χ0) is 19.8. The van der Waals surface area contributed by atoms with Gasteiger partial charge in [0, 0.05) is 41.1 Å². The summed E-state index contributed by atoms with van der Waals surface area (Å²) in [6.45, 7) is 8.76. The first-order chi connectivity index (χ1) is 13.4. The number of hydrogen-bond acceptors (Lipinski definition) is 2. The minimum Gasteiger partial charge on any atom is -0.321 e. The largest absolute Gasteiger partial charge is 0.321 e. The van der Waals surface area contributed by atoms with Gasteiger partial charge in [-0.2, -0.15) is 0 Å². The van der Waals surface area contributed by atoms with Crippen LogP contribution < -0.4 is 0 Å². The lowest BCUT2D eigenvalue weighted by atomic mass is 9.94. The summed E-state index contributed by atoms with van der Waals surface area (Å²) < 4.78 is 0. The van der Waals surface area contributed by atoms with Crippen molar-refractivity contribution in [3.63, 3.8) is 0 Å². The van der Waals surface area contributed by atoms with Gasteiger partial charge in [0.2, 0.25) is 0 Å². The molecule has 1 aromatic carbocycles. The fraction of sp³-hybridized carbons (Fsp3) is 0.360. The van der Waals surface area contributed by atoms with Crippen LogP contribution in [0.2, 0.25) is 5.02 Å². The second-order valence-electron chi connectivity index (χ2n) is 8.25. The molecule has 2 atom stereocenters. The molecular weight excluding hydrogens is 364 g/mol. The SMILES string of the molecule is C=C1/C=C\C(C)=C/CC2=C(CC3CCC2N3C)N1/C=C(\C)c1ccc(Cl)cc1. The summed E-state index contributed by atoms with van der Waals surface area (Å²) >= 11 is 6.08. The van der Waals surface area contributed by atoms with Crippen LogP contribution >= 0.6 is 11.6 Å². The van der Waals surface area contributed by atoms with Gasteiger partial charge in [-0.25, -0.2) is 0 Å². The van der Waals surface area contributed by atoms with Crippen molar-refractivity contribution < 1.29 is 0 Å². The molecule has 0 N–H and O–H groups in total. The summed E-state index contributed by atoms with van der Waals surface area (Å²) in [6, 6.07) is 9.27. The first kappa shape index (κ1) is 19.3. The lowest BCUT2D eigenvalue weighted by Gasteiger charge is -2.39. The van der Waals surface area contributed by atoms with Crippen molar-refractivity contribution in [1.29, 1.82) is 0 Å². The summed E-state index contributed by atoms with van der Waals surface area (Å²) in [4.78, 5) is 4.94. The monoisotopic (exact) mass is 392 g/mol. The third-order valence-electron chi connectivity index (χ3n) is 6.45. The molecule has 0 radical (unpaired) electrons. The van der Waals surface area contributed by atoms with Gasteiger partial charge in [0.25, 0.3) is 0 Å². The Hall–Kier alpha value is -2.03. The van der Waals surface area contributed by atoms with Gasteiger partial charge >= 0.3 is 0 Å². The zero-order valence-corrected chi connectivity index (χ0v) is 17.8. The van der Waals surface area contributed by atoms with Crippen molar-refractivity contribution in [2.75, 3.05) is 7.05 Å². The molecule has 3 heteroatoms. The number of halogens is 1. The minimum absolute atomic E-state index is 0.551. The molecule has 146 valence electrons. The van der Waals surface area contributed by atoms with E-state index in [9.17, 15) is 0 Å². The number of hydrogen-bond donors (Lipinski definition) is 0. The van der Waals surface area contributed by atoms with Crippen LogP contribution in [0.15, 0.2) is 77.8 Å². The van der Waals surface area contributed by atoms with Gasteiger partial charge in [0.05, 0.1) is 0 Å². The highest BCUT2D eigenvalue weighted by Gasteiger charge is 2.40. The van der Waals surface area contributed by atoms with E-state index < -0.39 is 0 Å². The molecular formula is C25H29ClN2. The summed E-state index contributed by atoms with van der Waals surface area (Å²) in [7, 11) is 2.29. The van der Waals surface area contributed by atoms with Gasteiger partial charge in [0.15, 0.2) is 0 Å². The highest BCUT2D eigenvalue weighted by Crippen LogP contribution is 2.42. The molecule has 28 heavy (non-hydrogen) atoms. The van der Waals surface area contributed by atoms with E-state index in [-0.39, 0.29) is 0 Å². The first-order valence-electron chi connectivity index (χ1n) is 10.1. The molecule has 0 aromatic heterocycles. The molecule has 3 aliphatic heterocycles. The molecule has 0 spiro atoms. The lowest BCUT2D eigenvalue weighted by molar-refractivity contribution is 0.228. The lowest BCUT2D eigenvalue weighted by Crippen LogP contribution is -2.40. The van der Waals surface area contributed by atoms with E-state index in [2.05, 4.69) is 73.8 Å². The molecule has 3 aliphatic rings. The van der Waals surface area contributed by atoms with E-state index >= 15 is 0 Å². The molecule has 0 saturated carbocycles. The highest BCUT2D eigenvalue weighted by molar-refractivity contribution is 6.30. The van der Waals surface area contributed by atoms with Crippen LogP contribution in [0.4, 0.5) is 0 Å². The van der Waals surface area contributed by atoms with Gasteiger partial charge in [-0.15, -0.1) is 0 Å². The Morgan fingerprint density at radius 3 is 2.68 bits per heavy atom. The topological polar surface area (TPSA) is 6.48 Å². The highest BCUT2D eigenvalue weighted by atomic mass is 35.5. The van der Waals surface area contributed by atoms with Gasteiger partial charge in [-0.1, -0.05) is 48.0 Å². The molecule has 3 heterocycles. The van der Waals surface area contributed by atoms with Crippen LogP contribution in [-0.4, -0.2) is 28.9 Å². The fourth-order valence-electron chi connectivity index (χ4n) is 4.69. The molecule has 1 fully saturated rings. The Labute approximate surface area is 174 Å². The minimum atomic E-state index is 0.551. The summed E-state index contributed by atoms with van der Waals surface area (Å²) in [5.41, 5.74) is 7.73. The van der Waals surface area contributed by atoms with E-state index in [0.29, 0.717) is 12.1 Å². The molecule has 0 amide bonds. The van der Waals surface area contributed by atoms with Crippen molar-refractivity contribution >= 4 is 17.2 Å². The van der Waals surface area contributed by atoms with Crippen molar-refractivity contribution in [1.82, 2.24) is 9.80 Å². The number of benzene rings is 1. The van der Waals surface area contributed by atoms with Gasteiger partial charge in [0.1, 0.15) is 0 Å². The quantitative estimate of drug-likeness (QED) is 0.563. The number of nitrogens with zero attached hydrogens (tertiary/aromatic N) is 2. The summed E-state index contributed by atoms with van der Waals surface area (Å²) in [5, 5.41) is 0.769. The Morgan fingerprint density at radius 1 is 1.18 bits per heavy atom. The summed E-state index contributed by atoms with van der Waals surface area (Å²) in [6.07, 6.45) is 13.6. The molecule has 2 nitrogen and oxygen atoms in total. The number of rotatable bonds is 2. The first-order valence-corrected chi connectivity index (χ1v) is 10.5. The Balaban J connectivity index is 1.79. The van der Waals surface area contributed by atoms with E-state index in [4.69, 9.17) is 11.6 Å². The van der Waals surface area contributed by atoms with Gasteiger partial charge < -0.3 is 4.90 Å². The van der Waals surface area contributed by atoms with E-state index in [1.165, 1.54) is 35.2 Å². The summed E-state index contributed by atoms with van der Waals surface area (Å²) in [5.74, 6) is 0. The smallest absolute Gasteiger partial charge is 0.0406 e. The predicted octanol–water partition coefficient (Wildman–Crippen LogP) is 6.54. The number of allylic oxidation sites excluding steroid dienone is 5. The molecule has 1 saturated heterocycles. The average molecular weight is 393 g/mol. The van der Waals surface area contributed by atoms with E-state index in [0.717, 1.165) is 23.6 Å². The maximum atomic E-state index is 6.08. The normalized spacial score (nSPS) is 29.0. The third-order valence-corrected chi connectivity index (χ3v) is 6.70. The average Bonchev–Trinajstić information content (AvgIpc) is 2.94. The zero-order valence-electron chi connectivity index (χ0n) is 17.1. The number of fused-ring (bicyclic) bond motifs is 3. The second-order valence-corrected chi connectivity index (χ2v) is 8.69. The van der Waals surface area contributed by atoms with E-state index in [1.54, 1.807) is 5.57 Å². The van der Waals surface area contributed by atoms with Crippen molar-refractivity contribution in [2.45, 2.75) is 51.6 Å². The van der Waals surface area contributed by atoms with Crippen LogP contribution in [0.1, 0.15) is 45.1 Å². The van der Waals surface area contributed by atoms with Crippen molar-refractivity contribution in [2.24, 2.45) is 0 Å². The van der Waals surface area contributed by atoms with Crippen LogP contribution in [0.25, 0.3) is 5.57 Å². The molecule has 2 unspecified atom stereocenters. The van der Waals surface area contributed by atoms with Crippen LogP contribution in [0.5, 0.6) is 0 Å². The molecule has 4 rings (SSSR count). The maximum Gasteiger partial charge on any atom is 0.0406 e. The van der Waals surface area contributed by atoms with Crippen LogP contribution in [0.3, 0.4) is 0 Å². The predicted molar refractivity (Wildman–Crippen MR) is 120 cm³/mol. The van der Waals surface area contributed by atoms with Crippen LogP contribution in [-0.2, 0) is 0 Å². The molecule has 2 bridgehead atoms. The fourth-order valence-corrected chi connectivity index (χ4v) is 4.82. The van der Waals surface area contributed by atoms with Crippen molar-refractivity contribution in [3.8, 4) is 0 Å². The van der Waals surface area contributed by atoms with Gasteiger partial charge in [-0.3, -0.25) is 4.90 Å². The van der Waals surface area contributed by atoms with Gasteiger partial charge in [-0.05, 0) is 75.1 Å². The molecule has 0 aliphatic carbocycles. The van der Waals surface area contributed by atoms with Crippen LogP contribution in [0, 0.1) is 0 Å². The number of likely N-dealkylation sites (N-methyl/N-ethyl adjacent to an activating group) is 1. The maximum absolute atomic E-state index is 6.08. The van der Waals surface area contributed by atoms with Crippen molar-refractivity contribution in [3.05, 3.63) is 88.4 Å². The third kappa shape index (κ3) is 3.64. The Bertz CT molecular complexity index is 901.